The molecule has 0 saturated heterocycles. The second-order valence-electron chi connectivity index (χ2n) is 5.74. The zero-order chi connectivity index (χ0) is 14.0. The quantitative estimate of drug-likeness (QED) is 0.325. The number of nitrogens with two attached hydrogens (primary N) is 1. The van der Waals surface area contributed by atoms with Crippen molar-refractivity contribution in [2.75, 3.05) is 6.54 Å². The number of nitrogens with zero attached hydrogens (tertiary/aromatic N) is 1. The molecule has 1 heterocycles. The van der Waals surface area contributed by atoms with Gasteiger partial charge in [0.05, 0.1) is 0 Å². The van der Waals surface area contributed by atoms with Crippen LogP contribution in [-0.4, -0.2) is 17.6 Å². The number of hydrogen-bond donors (Lipinski definition) is 3. The van der Waals surface area contributed by atoms with Gasteiger partial charge in [0.2, 0.25) is 0 Å². The van der Waals surface area contributed by atoms with E-state index in [9.17, 15) is 0 Å². The Labute approximate surface area is 118 Å². The maximum atomic E-state index is 8.66. The summed E-state index contributed by atoms with van der Waals surface area (Å²) in [6.45, 7) is 7.45. The Morgan fingerprint density at radius 3 is 2.74 bits per heavy atom. The summed E-state index contributed by atoms with van der Waals surface area (Å²) in [5.41, 5.74) is 7.22. The Kier molecular flexibility index (Phi) is 4.16. The minimum Gasteiger partial charge on any atom is -0.409 e. The highest BCUT2D eigenvalue weighted by Crippen LogP contribution is 2.48. The van der Waals surface area contributed by atoms with E-state index >= 15 is 0 Å². The minimum atomic E-state index is 0.212. The maximum Gasteiger partial charge on any atom is 0.139 e. The normalized spacial score (nSPS) is 19.4. The van der Waals surface area contributed by atoms with Crippen LogP contribution in [0.15, 0.2) is 11.2 Å². The number of hydrogen-bond acceptors (Lipinski definition) is 4. The standard InChI is InChI=1S/C14H23N3OS/c1-9-6-12(11(3)19-9)10(2)16-8-14(4-5-14)7-13(15)17-18/h6,10,16,18H,4-5,7-8H2,1-3H3,(H2,15,17). The molecule has 2 rings (SSSR count). The Morgan fingerprint density at radius 1 is 1.58 bits per heavy atom. The molecular formula is C14H23N3OS. The van der Waals surface area contributed by atoms with Crippen molar-refractivity contribution in [3.8, 4) is 0 Å². The summed E-state index contributed by atoms with van der Waals surface area (Å²) >= 11 is 1.85. The van der Waals surface area contributed by atoms with Gasteiger partial charge in [0.25, 0.3) is 0 Å². The maximum absolute atomic E-state index is 8.66. The van der Waals surface area contributed by atoms with Gasteiger partial charge in [-0.05, 0) is 50.7 Å². The first-order valence-electron chi connectivity index (χ1n) is 6.72. The summed E-state index contributed by atoms with van der Waals surface area (Å²) in [5, 5.41) is 15.3. The van der Waals surface area contributed by atoms with Crippen LogP contribution < -0.4 is 11.1 Å². The van der Waals surface area contributed by atoms with Crippen molar-refractivity contribution >= 4 is 17.2 Å². The summed E-state index contributed by atoms with van der Waals surface area (Å²) in [5.74, 6) is 0.342. The van der Waals surface area contributed by atoms with Gasteiger partial charge < -0.3 is 16.3 Å². The Morgan fingerprint density at radius 2 is 2.26 bits per heavy atom. The zero-order valence-corrected chi connectivity index (χ0v) is 12.7. The average Bonchev–Trinajstić information content (AvgIpc) is 3.04. The lowest BCUT2D eigenvalue weighted by molar-refractivity contribution is 0.313. The lowest BCUT2D eigenvalue weighted by atomic mass is 10.0. The van der Waals surface area contributed by atoms with Crippen LogP contribution in [0.1, 0.15) is 47.5 Å². The Balaban J connectivity index is 1.90. The van der Waals surface area contributed by atoms with Crippen LogP contribution in [0.2, 0.25) is 0 Å². The number of rotatable bonds is 6. The summed E-state index contributed by atoms with van der Waals surface area (Å²) in [4.78, 5) is 2.75. The molecule has 1 fully saturated rings. The molecule has 1 unspecified atom stereocenters. The first-order chi connectivity index (χ1) is 8.96. The molecule has 4 nitrogen and oxygen atoms in total. The first kappa shape index (κ1) is 14.3. The van der Waals surface area contributed by atoms with Gasteiger partial charge in [-0.15, -0.1) is 11.3 Å². The van der Waals surface area contributed by atoms with Crippen LogP contribution >= 0.6 is 11.3 Å². The monoisotopic (exact) mass is 281 g/mol. The molecule has 1 aliphatic carbocycles. The summed E-state index contributed by atoms with van der Waals surface area (Å²) in [6.07, 6.45) is 3.00. The molecule has 0 aromatic carbocycles. The third-order valence-electron chi connectivity index (χ3n) is 3.97. The van der Waals surface area contributed by atoms with Gasteiger partial charge >= 0.3 is 0 Å². The fraction of sp³-hybridized carbons (Fsp3) is 0.643. The highest BCUT2D eigenvalue weighted by molar-refractivity contribution is 7.12. The molecule has 0 radical (unpaired) electrons. The molecule has 1 aliphatic rings. The molecule has 1 saturated carbocycles. The molecule has 19 heavy (non-hydrogen) atoms. The average molecular weight is 281 g/mol. The van der Waals surface area contributed by atoms with Gasteiger partial charge in [-0.1, -0.05) is 5.16 Å². The molecule has 4 N–H and O–H groups in total. The molecule has 5 heteroatoms. The van der Waals surface area contributed by atoms with E-state index in [0.717, 1.165) is 19.4 Å². The van der Waals surface area contributed by atoms with Crippen LogP contribution in [-0.2, 0) is 0 Å². The van der Waals surface area contributed by atoms with E-state index in [1.165, 1.54) is 15.3 Å². The Bertz CT molecular complexity index is 477. The zero-order valence-electron chi connectivity index (χ0n) is 11.9. The van der Waals surface area contributed by atoms with Crippen LogP contribution in [0.25, 0.3) is 0 Å². The summed E-state index contributed by atoms with van der Waals surface area (Å²) < 4.78 is 0. The molecule has 0 spiro atoms. The molecule has 1 aromatic heterocycles. The molecule has 0 bridgehead atoms. The fourth-order valence-corrected chi connectivity index (χ4v) is 3.59. The number of amidine groups is 1. The summed E-state index contributed by atoms with van der Waals surface area (Å²) in [6, 6.07) is 2.62. The van der Waals surface area contributed by atoms with Crippen molar-refractivity contribution in [2.45, 2.75) is 46.1 Å². The smallest absolute Gasteiger partial charge is 0.139 e. The fourth-order valence-electron chi connectivity index (χ4n) is 2.57. The van der Waals surface area contributed by atoms with Gasteiger partial charge in [0.1, 0.15) is 5.84 Å². The number of nitrogens with one attached hydrogen (secondary N) is 1. The van der Waals surface area contributed by atoms with E-state index in [1.807, 2.05) is 11.3 Å². The van der Waals surface area contributed by atoms with Crippen molar-refractivity contribution in [3.63, 3.8) is 0 Å². The van der Waals surface area contributed by atoms with Crippen molar-refractivity contribution in [2.24, 2.45) is 16.3 Å². The van der Waals surface area contributed by atoms with Gasteiger partial charge in [-0.25, -0.2) is 0 Å². The second kappa shape index (κ2) is 5.51. The van der Waals surface area contributed by atoms with E-state index in [-0.39, 0.29) is 5.41 Å². The van der Waals surface area contributed by atoms with Crippen LogP contribution in [0.4, 0.5) is 0 Å². The van der Waals surface area contributed by atoms with Crippen LogP contribution in [0, 0.1) is 19.3 Å². The highest BCUT2D eigenvalue weighted by Gasteiger charge is 2.43. The third-order valence-corrected chi connectivity index (χ3v) is 4.95. The molecule has 0 amide bonds. The van der Waals surface area contributed by atoms with Crippen molar-refractivity contribution < 1.29 is 5.21 Å². The van der Waals surface area contributed by atoms with E-state index in [2.05, 4.69) is 37.3 Å². The van der Waals surface area contributed by atoms with E-state index in [4.69, 9.17) is 10.9 Å². The lowest BCUT2D eigenvalue weighted by Gasteiger charge is -2.19. The largest absolute Gasteiger partial charge is 0.409 e. The lowest BCUT2D eigenvalue weighted by Crippen LogP contribution is -2.30. The number of oxime groups is 1. The van der Waals surface area contributed by atoms with Gasteiger partial charge in [0, 0.05) is 28.8 Å². The van der Waals surface area contributed by atoms with Crippen molar-refractivity contribution in [1.29, 1.82) is 0 Å². The second-order valence-corrected chi connectivity index (χ2v) is 7.20. The van der Waals surface area contributed by atoms with Gasteiger partial charge in [-0.2, -0.15) is 0 Å². The van der Waals surface area contributed by atoms with E-state index < -0.39 is 0 Å². The van der Waals surface area contributed by atoms with Crippen LogP contribution in [0.5, 0.6) is 0 Å². The highest BCUT2D eigenvalue weighted by atomic mass is 32.1. The molecule has 1 atom stereocenters. The van der Waals surface area contributed by atoms with Gasteiger partial charge in [-0.3, -0.25) is 0 Å². The molecular weight excluding hydrogens is 258 g/mol. The number of thiophene rings is 1. The Hall–Kier alpha value is -1.07. The summed E-state index contributed by atoms with van der Waals surface area (Å²) in [7, 11) is 0. The van der Waals surface area contributed by atoms with Crippen molar-refractivity contribution in [3.05, 3.63) is 21.4 Å². The SMILES string of the molecule is Cc1cc(C(C)NCC2(CC(N)=NO)CC2)c(C)s1. The predicted octanol–water partition coefficient (Wildman–Crippen LogP) is 2.93. The van der Waals surface area contributed by atoms with E-state index in [0.29, 0.717) is 18.3 Å². The first-order valence-corrected chi connectivity index (χ1v) is 7.54. The van der Waals surface area contributed by atoms with Gasteiger partial charge in [0.15, 0.2) is 0 Å². The van der Waals surface area contributed by atoms with Crippen LogP contribution in [0.3, 0.4) is 0 Å². The predicted molar refractivity (Wildman–Crippen MR) is 79.9 cm³/mol. The third kappa shape index (κ3) is 3.48. The van der Waals surface area contributed by atoms with E-state index in [1.54, 1.807) is 0 Å². The number of aryl methyl sites for hydroxylation is 2. The molecule has 0 aliphatic heterocycles. The molecule has 1 aromatic rings. The van der Waals surface area contributed by atoms with Crippen molar-refractivity contribution in [1.82, 2.24) is 5.32 Å². The minimum absolute atomic E-state index is 0.212. The topological polar surface area (TPSA) is 70.6 Å². The molecule has 106 valence electrons.